The first-order valence-electron chi connectivity index (χ1n) is 7.66. The molecule has 0 fully saturated rings. The van der Waals surface area contributed by atoms with E-state index in [2.05, 4.69) is 5.32 Å². The average Bonchev–Trinajstić information content (AvgIpc) is 2.56. The maximum atomic E-state index is 11.9. The summed E-state index contributed by atoms with van der Waals surface area (Å²) in [6.07, 6.45) is 3.24. The van der Waals surface area contributed by atoms with Crippen molar-refractivity contribution in [2.45, 2.75) is 13.8 Å². The van der Waals surface area contributed by atoms with Gasteiger partial charge < -0.3 is 14.8 Å². The SMILES string of the molecule is CCOc1ccc(C=CC(=O)Nc2ccccc2)cc1OCC. The minimum absolute atomic E-state index is 0.178. The van der Waals surface area contributed by atoms with E-state index in [9.17, 15) is 4.79 Å². The third kappa shape index (κ3) is 5.18. The van der Waals surface area contributed by atoms with Gasteiger partial charge in [-0.15, -0.1) is 0 Å². The van der Waals surface area contributed by atoms with Crippen LogP contribution in [0, 0.1) is 0 Å². The van der Waals surface area contributed by atoms with E-state index < -0.39 is 0 Å². The van der Waals surface area contributed by atoms with Gasteiger partial charge >= 0.3 is 0 Å². The van der Waals surface area contributed by atoms with Crippen molar-refractivity contribution in [2.75, 3.05) is 18.5 Å². The number of hydrogen-bond acceptors (Lipinski definition) is 3. The Morgan fingerprint density at radius 1 is 1.00 bits per heavy atom. The van der Waals surface area contributed by atoms with Crippen molar-refractivity contribution >= 4 is 17.7 Å². The summed E-state index contributed by atoms with van der Waals surface area (Å²) in [6.45, 7) is 4.99. The Bertz CT molecular complexity index is 666. The number of amides is 1. The number of ether oxygens (including phenoxy) is 2. The van der Waals surface area contributed by atoms with Crippen molar-refractivity contribution in [2.24, 2.45) is 0 Å². The molecule has 0 atom stereocenters. The predicted octanol–water partition coefficient (Wildman–Crippen LogP) is 4.14. The number of rotatable bonds is 7. The van der Waals surface area contributed by atoms with E-state index in [0.29, 0.717) is 24.7 Å². The first-order valence-corrected chi connectivity index (χ1v) is 7.66. The number of carbonyl (C=O) groups is 1. The summed E-state index contributed by atoms with van der Waals surface area (Å²) in [4.78, 5) is 11.9. The van der Waals surface area contributed by atoms with Crippen LogP contribution < -0.4 is 14.8 Å². The van der Waals surface area contributed by atoms with Crippen LogP contribution in [0.25, 0.3) is 6.08 Å². The minimum Gasteiger partial charge on any atom is -0.490 e. The van der Waals surface area contributed by atoms with Crippen LogP contribution in [0.5, 0.6) is 11.5 Å². The zero-order chi connectivity index (χ0) is 16.5. The molecule has 2 aromatic carbocycles. The summed E-state index contributed by atoms with van der Waals surface area (Å²) in [5.41, 5.74) is 1.64. The Hall–Kier alpha value is -2.75. The van der Waals surface area contributed by atoms with Crippen LogP contribution in [0.4, 0.5) is 5.69 Å². The molecule has 120 valence electrons. The maximum Gasteiger partial charge on any atom is 0.248 e. The molecule has 4 nitrogen and oxygen atoms in total. The zero-order valence-corrected chi connectivity index (χ0v) is 13.4. The molecule has 0 unspecified atom stereocenters. The van der Waals surface area contributed by atoms with Crippen molar-refractivity contribution in [1.29, 1.82) is 0 Å². The van der Waals surface area contributed by atoms with Crippen molar-refractivity contribution in [1.82, 2.24) is 0 Å². The van der Waals surface area contributed by atoms with Crippen LogP contribution in [-0.2, 0) is 4.79 Å². The molecule has 0 aliphatic carbocycles. The second-order valence-electron chi connectivity index (χ2n) is 4.76. The highest BCUT2D eigenvalue weighted by molar-refractivity contribution is 6.01. The maximum absolute atomic E-state index is 11.9. The number of para-hydroxylation sites is 1. The number of nitrogens with one attached hydrogen (secondary N) is 1. The number of benzene rings is 2. The van der Waals surface area contributed by atoms with Gasteiger partial charge in [0.25, 0.3) is 0 Å². The van der Waals surface area contributed by atoms with Crippen LogP contribution in [0.3, 0.4) is 0 Å². The standard InChI is InChI=1S/C19H21NO3/c1-3-22-17-12-10-15(14-18(17)23-4-2)11-13-19(21)20-16-8-6-5-7-9-16/h5-14H,3-4H2,1-2H3,(H,20,21). The third-order valence-corrected chi connectivity index (χ3v) is 3.04. The van der Waals surface area contributed by atoms with Gasteiger partial charge in [-0.1, -0.05) is 24.3 Å². The normalized spacial score (nSPS) is 10.5. The van der Waals surface area contributed by atoms with E-state index >= 15 is 0 Å². The van der Waals surface area contributed by atoms with E-state index in [1.807, 2.05) is 62.4 Å². The average molecular weight is 311 g/mol. The van der Waals surface area contributed by atoms with E-state index in [1.165, 1.54) is 6.08 Å². The highest BCUT2D eigenvalue weighted by Crippen LogP contribution is 2.29. The van der Waals surface area contributed by atoms with E-state index in [-0.39, 0.29) is 5.91 Å². The minimum atomic E-state index is -0.178. The fraction of sp³-hybridized carbons (Fsp3) is 0.211. The lowest BCUT2D eigenvalue weighted by Gasteiger charge is -2.11. The van der Waals surface area contributed by atoms with Gasteiger partial charge in [0.1, 0.15) is 0 Å². The Morgan fingerprint density at radius 2 is 1.70 bits per heavy atom. The van der Waals surface area contributed by atoms with Gasteiger partial charge in [-0.2, -0.15) is 0 Å². The highest BCUT2D eigenvalue weighted by atomic mass is 16.5. The number of carbonyl (C=O) groups excluding carboxylic acids is 1. The molecule has 0 saturated heterocycles. The fourth-order valence-electron chi connectivity index (χ4n) is 2.05. The molecule has 0 radical (unpaired) electrons. The molecule has 0 spiro atoms. The van der Waals surface area contributed by atoms with Crippen LogP contribution >= 0.6 is 0 Å². The van der Waals surface area contributed by atoms with Crippen molar-refractivity contribution in [3.63, 3.8) is 0 Å². The van der Waals surface area contributed by atoms with Crippen LogP contribution in [-0.4, -0.2) is 19.1 Å². The number of hydrogen-bond donors (Lipinski definition) is 1. The quantitative estimate of drug-likeness (QED) is 0.782. The van der Waals surface area contributed by atoms with Gasteiger partial charge in [-0.3, -0.25) is 4.79 Å². The van der Waals surface area contributed by atoms with Gasteiger partial charge in [-0.25, -0.2) is 0 Å². The molecule has 23 heavy (non-hydrogen) atoms. The number of anilines is 1. The molecule has 0 heterocycles. The molecule has 0 aliphatic rings. The lowest BCUT2D eigenvalue weighted by Crippen LogP contribution is -2.07. The zero-order valence-electron chi connectivity index (χ0n) is 13.4. The first kappa shape index (κ1) is 16.6. The molecule has 2 aromatic rings. The van der Waals surface area contributed by atoms with Crippen molar-refractivity contribution in [3.8, 4) is 11.5 Å². The Balaban J connectivity index is 2.06. The summed E-state index contributed by atoms with van der Waals surface area (Å²) in [5.74, 6) is 1.21. The molecule has 1 amide bonds. The highest BCUT2D eigenvalue weighted by Gasteiger charge is 2.05. The molecule has 0 bridgehead atoms. The van der Waals surface area contributed by atoms with Crippen LogP contribution in [0.1, 0.15) is 19.4 Å². The van der Waals surface area contributed by atoms with Gasteiger partial charge in [0.2, 0.25) is 5.91 Å². The monoisotopic (exact) mass is 311 g/mol. The van der Waals surface area contributed by atoms with Crippen molar-refractivity contribution < 1.29 is 14.3 Å². The molecule has 2 rings (SSSR count). The molecule has 1 N–H and O–H groups in total. The van der Waals surface area contributed by atoms with Crippen LogP contribution in [0.15, 0.2) is 54.6 Å². The Morgan fingerprint density at radius 3 is 2.39 bits per heavy atom. The molecule has 0 saturated carbocycles. The largest absolute Gasteiger partial charge is 0.490 e. The van der Waals surface area contributed by atoms with Crippen LogP contribution in [0.2, 0.25) is 0 Å². The lowest BCUT2D eigenvalue weighted by molar-refractivity contribution is -0.111. The molecule has 4 heteroatoms. The Labute approximate surface area is 136 Å². The molecular formula is C19H21NO3. The summed E-state index contributed by atoms with van der Waals surface area (Å²) in [7, 11) is 0. The molecule has 0 aromatic heterocycles. The fourth-order valence-corrected chi connectivity index (χ4v) is 2.05. The van der Waals surface area contributed by atoms with E-state index in [0.717, 1.165) is 11.3 Å². The summed E-state index contributed by atoms with van der Waals surface area (Å²) >= 11 is 0. The molecule has 0 aliphatic heterocycles. The first-order chi connectivity index (χ1) is 11.2. The van der Waals surface area contributed by atoms with Gasteiger partial charge in [0.05, 0.1) is 13.2 Å². The Kier molecular flexibility index (Phi) is 6.24. The molecular weight excluding hydrogens is 290 g/mol. The second-order valence-corrected chi connectivity index (χ2v) is 4.76. The third-order valence-electron chi connectivity index (χ3n) is 3.04. The predicted molar refractivity (Wildman–Crippen MR) is 92.9 cm³/mol. The summed E-state index contributed by atoms with van der Waals surface area (Å²) in [5, 5.41) is 2.80. The van der Waals surface area contributed by atoms with Crippen molar-refractivity contribution in [3.05, 3.63) is 60.2 Å². The smallest absolute Gasteiger partial charge is 0.248 e. The van der Waals surface area contributed by atoms with E-state index in [4.69, 9.17) is 9.47 Å². The topological polar surface area (TPSA) is 47.6 Å². The summed E-state index contributed by atoms with van der Waals surface area (Å²) in [6, 6.07) is 14.9. The van der Waals surface area contributed by atoms with Gasteiger partial charge in [0, 0.05) is 11.8 Å². The van der Waals surface area contributed by atoms with Gasteiger partial charge in [-0.05, 0) is 49.8 Å². The van der Waals surface area contributed by atoms with Gasteiger partial charge in [0.15, 0.2) is 11.5 Å². The second kappa shape index (κ2) is 8.63. The lowest BCUT2D eigenvalue weighted by atomic mass is 10.2. The van der Waals surface area contributed by atoms with E-state index in [1.54, 1.807) is 6.08 Å². The summed E-state index contributed by atoms with van der Waals surface area (Å²) < 4.78 is 11.1.